The highest BCUT2D eigenvalue weighted by molar-refractivity contribution is 5.94. The second-order valence-corrected chi connectivity index (χ2v) is 5.13. The molecule has 1 saturated heterocycles. The molecule has 1 N–H and O–H groups in total. The second-order valence-electron chi connectivity index (χ2n) is 5.13. The number of aliphatic hydroxyl groups is 1. The normalized spacial score (nSPS) is 20.9. The molecule has 0 spiro atoms. The van der Waals surface area contributed by atoms with Gasteiger partial charge in [0.05, 0.1) is 13.1 Å². The van der Waals surface area contributed by atoms with E-state index in [1.807, 2.05) is 0 Å². The third-order valence-corrected chi connectivity index (χ3v) is 3.53. The number of rotatable bonds is 3. The van der Waals surface area contributed by atoms with Crippen LogP contribution in [0.4, 0.5) is 4.39 Å². The summed E-state index contributed by atoms with van der Waals surface area (Å²) in [6.45, 7) is 0.431. The Hall–Kier alpha value is -2.47. The first-order valence-electron chi connectivity index (χ1n) is 6.93. The molecule has 2 heterocycles. The summed E-state index contributed by atoms with van der Waals surface area (Å²) in [5.74, 6) is -0.260. The van der Waals surface area contributed by atoms with Crippen LogP contribution in [0.15, 0.2) is 48.8 Å². The fraction of sp³-hybridized carbons (Fsp3) is 0.250. The van der Waals surface area contributed by atoms with Crippen molar-refractivity contribution in [3.05, 3.63) is 60.2 Å². The molecule has 0 bridgehead atoms. The number of ether oxygens (including phenoxy) is 1. The van der Waals surface area contributed by atoms with E-state index in [-0.39, 0.29) is 19.0 Å². The van der Waals surface area contributed by atoms with Gasteiger partial charge < -0.3 is 14.7 Å². The average Bonchev–Trinajstić information content (AvgIpc) is 2.88. The summed E-state index contributed by atoms with van der Waals surface area (Å²) in [7, 11) is 0. The number of aromatic nitrogens is 1. The molecule has 1 aliphatic rings. The van der Waals surface area contributed by atoms with Crippen molar-refractivity contribution in [2.75, 3.05) is 13.1 Å². The molecule has 2 atom stereocenters. The van der Waals surface area contributed by atoms with E-state index in [1.54, 1.807) is 30.6 Å². The largest absolute Gasteiger partial charge is 0.486 e. The summed E-state index contributed by atoms with van der Waals surface area (Å²) in [5, 5.41) is 10.1. The van der Waals surface area contributed by atoms with Gasteiger partial charge in [-0.15, -0.1) is 0 Å². The molecule has 0 unspecified atom stereocenters. The first kappa shape index (κ1) is 14.5. The third-order valence-electron chi connectivity index (χ3n) is 3.53. The van der Waals surface area contributed by atoms with Crippen molar-refractivity contribution in [2.24, 2.45) is 0 Å². The molecule has 22 heavy (non-hydrogen) atoms. The van der Waals surface area contributed by atoms with Gasteiger partial charge in [-0.3, -0.25) is 9.78 Å². The van der Waals surface area contributed by atoms with E-state index in [2.05, 4.69) is 4.98 Å². The number of nitrogens with zero attached hydrogens (tertiary/aromatic N) is 2. The number of aliphatic hydroxyl groups excluding tert-OH is 1. The lowest BCUT2D eigenvalue weighted by Gasteiger charge is -2.17. The fourth-order valence-electron chi connectivity index (χ4n) is 2.43. The predicted molar refractivity (Wildman–Crippen MR) is 77.0 cm³/mol. The van der Waals surface area contributed by atoms with Gasteiger partial charge in [0, 0.05) is 24.0 Å². The molecule has 1 aromatic carbocycles. The number of likely N-dealkylation sites (tertiary alicyclic amines) is 1. The monoisotopic (exact) mass is 302 g/mol. The minimum Gasteiger partial charge on any atom is -0.486 e. The van der Waals surface area contributed by atoms with Crippen LogP contribution in [0.25, 0.3) is 0 Å². The molecule has 6 heteroatoms. The molecular formula is C16H15FN2O3. The number of benzene rings is 1. The van der Waals surface area contributed by atoms with Crippen molar-refractivity contribution >= 4 is 5.91 Å². The Morgan fingerprint density at radius 3 is 2.77 bits per heavy atom. The highest BCUT2D eigenvalue weighted by Gasteiger charge is 2.36. The SMILES string of the molecule is O=C(c1ccncc1)N1C[C@@H](O)[C@H](Oc2cccc(F)c2)C1. The Bertz CT molecular complexity index is 665. The van der Waals surface area contributed by atoms with Gasteiger partial charge in [-0.05, 0) is 24.3 Å². The number of β-amino-alcohol motifs (C(OH)–C–C–N with tert-alkyl or cyclic N) is 1. The number of halogens is 1. The van der Waals surface area contributed by atoms with Gasteiger partial charge in [-0.25, -0.2) is 4.39 Å². The standard InChI is InChI=1S/C16H15FN2O3/c17-12-2-1-3-13(8-12)22-15-10-19(9-14(15)20)16(21)11-4-6-18-7-5-11/h1-8,14-15,20H,9-10H2/t14-,15-/m1/s1. The van der Waals surface area contributed by atoms with Crippen molar-refractivity contribution < 1.29 is 19.0 Å². The Labute approximate surface area is 127 Å². The maximum absolute atomic E-state index is 13.2. The molecule has 3 rings (SSSR count). The minimum atomic E-state index is -0.811. The van der Waals surface area contributed by atoms with Gasteiger partial charge in [-0.2, -0.15) is 0 Å². The summed E-state index contributed by atoms with van der Waals surface area (Å²) in [6, 6.07) is 8.96. The number of hydrogen-bond acceptors (Lipinski definition) is 4. The molecule has 1 aliphatic heterocycles. The highest BCUT2D eigenvalue weighted by Crippen LogP contribution is 2.21. The van der Waals surface area contributed by atoms with E-state index < -0.39 is 18.0 Å². The van der Waals surface area contributed by atoms with E-state index in [9.17, 15) is 14.3 Å². The summed E-state index contributed by atoms with van der Waals surface area (Å²) < 4.78 is 18.7. The van der Waals surface area contributed by atoms with Crippen LogP contribution in [0.2, 0.25) is 0 Å². The van der Waals surface area contributed by atoms with Crippen LogP contribution in [0.5, 0.6) is 5.75 Å². The molecule has 0 aliphatic carbocycles. The second kappa shape index (κ2) is 6.11. The van der Waals surface area contributed by atoms with Gasteiger partial charge in [0.2, 0.25) is 0 Å². The quantitative estimate of drug-likeness (QED) is 0.933. The van der Waals surface area contributed by atoms with Crippen molar-refractivity contribution in [2.45, 2.75) is 12.2 Å². The van der Waals surface area contributed by atoms with Gasteiger partial charge >= 0.3 is 0 Å². The maximum atomic E-state index is 13.2. The summed E-state index contributed by atoms with van der Waals surface area (Å²) in [4.78, 5) is 17.7. The van der Waals surface area contributed by atoms with E-state index >= 15 is 0 Å². The van der Waals surface area contributed by atoms with Gasteiger partial charge in [0.15, 0.2) is 0 Å². The van der Waals surface area contributed by atoms with Crippen molar-refractivity contribution in [3.8, 4) is 5.75 Å². The Balaban J connectivity index is 1.68. The topological polar surface area (TPSA) is 62.7 Å². The Morgan fingerprint density at radius 2 is 2.05 bits per heavy atom. The van der Waals surface area contributed by atoms with Crippen LogP contribution in [0.1, 0.15) is 10.4 Å². The smallest absolute Gasteiger partial charge is 0.254 e. The first-order chi connectivity index (χ1) is 10.6. The fourth-order valence-corrected chi connectivity index (χ4v) is 2.43. The zero-order valence-electron chi connectivity index (χ0n) is 11.7. The Morgan fingerprint density at radius 1 is 1.27 bits per heavy atom. The van der Waals surface area contributed by atoms with Crippen molar-refractivity contribution in [3.63, 3.8) is 0 Å². The number of carbonyl (C=O) groups excluding carboxylic acids is 1. The zero-order valence-corrected chi connectivity index (χ0v) is 11.7. The summed E-state index contributed by atoms with van der Waals surface area (Å²) >= 11 is 0. The van der Waals surface area contributed by atoms with E-state index in [1.165, 1.54) is 23.1 Å². The van der Waals surface area contributed by atoms with Crippen LogP contribution in [-0.4, -0.2) is 46.2 Å². The van der Waals surface area contributed by atoms with Crippen molar-refractivity contribution in [1.82, 2.24) is 9.88 Å². The number of hydrogen-bond donors (Lipinski definition) is 1. The van der Waals surface area contributed by atoms with Gasteiger partial charge in [-0.1, -0.05) is 6.07 Å². The first-order valence-corrected chi connectivity index (χ1v) is 6.93. The molecule has 0 saturated carbocycles. The summed E-state index contributed by atoms with van der Waals surface area (Å²) in [6.07, 6.45) is 1.70. The van der Waals surface area contributed by atoms with Crippen LogP contribution in [-0.2, 0) is 0 Å². The lowest BCUT2D eigenvalue weighted by atomic mass is 10.2. The molecule has 114 valence electrons. The highest BCUT2D eigenvalue weighted by atomic mass is 19.1. The molecule has 1 amide bonds. The average molecular weight is 302 g/mol. The van der Waals surface area contributed by atoms with Crippen LogP contribution >= 0.6 is 0 Å². The predicted octanol–water partition coefficient (Wildman–Crippen LogP) is 1.48. The number of pyridine rings is 1. The van der Waals surface area contributed by atoms with Crippen molar-refractivity contribution in [1.29, 1.82) is 0 Å². The molecule has 1 aromatic heterocycles. The van der Waals surface area contributed by atoms with E-state index in [4.69, 9.17) is 4.74 Å². The lowest BCUT2D eigenvalue weighted by Crippen LogP contribution is -2.31. The van der Waals surface area contributed by atoms with E-state index in [0.717, 1.165) is 0 Å². The summed E-state index contributed by atoms with van der Waals surface area (Å²) in [5.41, 5.74) is 0.508. The Kier molecular flexibility index (Phi) is 4.02. The molecule has 5 nitrogen and oxygen atoms in total. The number of carbonyl (C=O) groups is 1. The maximum Gasteiger partial charge on any atom is 0.254 e. The van der Waals surface area contributed by atoms with E-state index in [0.29, 0.717) is 11.3 Å². The van der Waals surface area contributed by atoms with Gasteiger partial charge in [0.1, 0.15) is 23.8 Å². The molecular weight excluding hydrogens is 287 g/mol. The lowest BCUT2D eigenvalue weighted by molar-refractivity contribution is 0.0728. The number of amides is 1. The third kappa shape index (κ3) is 3.07. The van der Waals surface area contributed by atoms with Crippen LogP contribution in [0, 0.1) is 5.82 Å². The minimum absolute atomic E-state index is 0.182. The molecule has 1 fully saturated rings. The molecule has 2 aromatic rings. The van der Waals surface area contributed by atoms with Crippen LogP contribution < -0.4 is 4.74 Å². The van der Waals surface area contributed by atoms with Crippen LogP contribution in [0.3, 0.4) is 0 Å². The molecule has 0 radical (unpaired) electrons. The zero-order chi connectivity index (χ0) is 15.5. The van der Waals surface area contributed by atoms with Gasteiger partial charge in [0.25, 0.3) is 5.91 Å².